The lowest BCUT2D eigenvalue weighted by Crippen LogP contribution is -2.23. The maximum absolute atomic E-state index is 12.9. The SMILES string of the molecule is CCn1cc(C(=O)Oc2ccc3c4c(c(=O)oc3c2)CCC4)c(=O)c2ccc(C)nc21. The molecule has 0 bridgehead atoms. The average Bonchev–Trinajstić information content (AvgIpc) is 3.24. The number of aryl methyl sites for hydroxylation is 3. The van der Waals surface area contributed by atoms with E-state index in [1.165, 1.54) is 12.3 Å². The molecule has 0 N–H and O–H groups in total. The van der Waals surface area contributed by atoms with Crippen LogP contribution in [0.1, 0.15) is 40.5 Å². The van der Waals surface area contributed by atoms with Gasteiger partial charge in [0.1, 0.15) is 22.5 Å². The Morgan fingerprint density at radius 1 is 1.13 bits per heavy atom. The molecule has 7 heteroatoms. The number of ether oxygens (including phenoxy) is 1. The van der Waals surface area contributed by atoms with Crippen molar-refractivity contribution in [2.75, 3.05) is 0 Å². The van der Waals surface area contributed by atoms with E-state index in [9.17, 15) is 14.4 Å². The Bertz CT molecular complexity index is 1500. The Kier molecular flexibility index (Phi) is 4.46. The lowest BCUT2D eigenvalue weighted by atomic mass is 10.1. The molecular formula is C24H20N2O5. The maximum Gasteiger partial charge on any atom is 0.349 e. The van der Waals surface area contributed by atoms with Crippen molar-refractivity contribution in [3.05, 3.63) is 79.6 Å². The van der Waals surface area contributed by atoms with Gasteiger partial charge in [0.15, 0.2) is 0 Å². The molecule has 0 saturated heterocycles. The summed E-state index contributed by atoms with van der Waals surface area (Å²) >= 11 is 0. The van der Waals surface area contributed by atoms with E-state index in [-0.39, 0.29) is 16.9 Å². The summed E-state index contributed by atoms with van der Waals surface area (Å²) in [5, 5.41) is 1.22. The molecule has 3 aromatic heterocycles. The van der Waals surface area contributed by atoms with Gasteiger partial charge in [-0.3, -0.25) is 4.79 Å². The quantitative estimate of drug-likeness (QED) is 0.288. The van der Waals surface area contributed by atoms with Gasteiger partial charge in [0, 0.05) is 35.5 Å². The highest BCUT2D eigenvalue weighted by Gasteiger charge is 2.21. The van der Waals surface area contributed by atoms with Gasteiger partial charge >= 0.3 is 11.6 Å². The highest BCUT2D eigenvalue weighted by molar-refractivity contribution is 5.95. The fourth-order valence-electron chi connectivity index (χ4n) is 4.24. The van der Waals surface area contributed by atoms with Gasteiger partial charge in [0.05, 0.1) is 5.39 Å². The van der Waals surface area contributed by atoms with Gasteiger partial charge in [0.2, 0.25) is 5.43 Å². The number of hydrogen-bond donors (Lipinski definition) is 0. The second kappa shape index (κ2) is 7.19. The molecule has 7 nitrogen and oxygen atoms in total. The molecule has 31 heavy (non-hydrogen) atoms. The lowest BCUT2D eigenvalue weighted by Gasteiger charge is -2.11. The maximum atomic E-state index is 12.9. The molecule has 3 heterocycles. The Balaban J connectivity index is 1.55. The first-order valence-corrected chi connectivity index (χ1v) is 10.3. The van der Waals surface area contributed by atoms with Gasteiger partial charge in [-0.2, -0.15) is 0 Å². The van der Waals surface area contributed by atoms with E-state index < -0.39 is 11.4 Å². The van der Waals surface area contributed by atoms with Crippen LogP contribution in [-0.2, 0) is 19.4 Å². The van der Waals surface area contributed by atoms with Crippen molar-refractivity contribution in [3.8, 4) is 5.75 Å². The largest absolute Gasteiger partial charge is 0.423 e. The number of nitrogens with zero attached hydrogens (tertiary/aromatic N) is 2. The number of pyridine rings is 2. The molecule has 1 aliphatic carbocycles. The number of carbonyl (C=O) groups is 1. The van der Waals surface area contributed by atoms with Crippen LogP contribution in [0.25, 0.3) is 22.0 Å². The molecule has 0 radical (unpaired) electrons. The second-order valence-corrected chi connectivity index (χ2v) is 7.73. The van der Waals surface area contributed by atoms with Crippen LogP contribution < -0.4 is 15.8 Å². The number of rotatable bonds is 3. The molecule has 5 rings (SSSR count). The van der Waals surface area contributed by atoms with E-state index in [2.05, 4.69) is 4.98 Å². The molecule has 0 atom stereocenters. The van der Waals surface area contributed by atoms with Gasteiger partial charge in [-0.15, -0.1) is 0 Å². The van der Waals surface area contributed by atoms with Gasteiger partial charge < -0.3 is 13.7 Å². The van der Waals surface area contributed by atoms with Crippen LogP contribution in [-0.4, -0.2) is 15.5 Å². The van der Waals surface area contributed by atoms with Crippen LogP contribution in [0.3, 0.4) is 0 Å². The molecule has 4 aromatic rings. The van der Waals surface area contributed by atoms with Crippen molar-refractivity contribution in [2.45, 2.75) is 39.7 Å². The van der Waals surface area contributed by atoms with E-state index in [0.29, 0.717) is 23.2 Å². The molecule has 0 amide bonds. The van der Waals surface area contributed by atoms with Crippen LogP contribution in [0.15, 0.2) is 50.5 Å². The van der Waals surface area contributed by atoms with E-state index in [1.807, 2.05) is 13.8 Å². The summed E-state index contributed by atoms with van der Waals surface area (Å²) in [6, 6.07) is 8.39. The number of aromatic nitrogens is 2. The molecule has 0 fully saturated rings. The Morgan fingerprint density at radius 3 is 2.71 bits per heavy atom. The van der Waals surface area contributed by atoms with Crippen molar-refractivity contribution in [3.63, 3.8) is 0 Å². The Labute approximate surface area is 176 Å². The zero-order chi connectivity index (χ0) is 21.7. The number of hydrogen-bond acceptors (Lipinski definition) is 6. The summed E-state index contributed by atoms with van der Waals surface area (Å²) in [5.41, 5.74) is 2.59. The molecule has 1 aliphatic rings. The summed E-state index contributed by atoms with van der Waals surface area (Å²) in [4.78, 5) is 42.4. The fraction of sp³-hybridized carbons (Fsp3) is 0.250. The van der Waals surface area contributed by atoms with Crippen molar-refractivity contribution in [1.29, 1.82) is 0 Å². The molecule has 0 unspecified atom stereocenters. The monoisotopic (exact) mass is 416 g/mol. The number of esters is 1. The van der Waals surface area contributed by atoms with E-state index >= 15 is 0 Å². The number of fused-ring (bicyclic) bond motifs is 4. The third-order valence-electron chi connectivity index (χ3n) is 5.78. The lowest BCUT2D eigenvalue weighted by molar-refractivity contribution is 0.0733. The summed E-state index contributed by atoms with van der Waals surface area (Å²) in [5.74, 6) is -0.555. The molecule has 1 aromatic carbocycles. The molecule has 0 saturated carbocycles. The number of carbonyl (C=O) groups excluding carboxylic acids is 1. The first-order chi connectivity index (χ1) is 15.0. The van der Waals surface area contributed by atoms with Crippen LogP contribution in [0.2, 0.25) is 0 Å². The summed E-state index contributed by atoms with van der Waals surface area (Å²) in [6.07, 6.45) is 3.96. The van der Waals surface area contributed by atoms with E-state index in [0.717, 1.165) is 41.5 Å². The first kappa shape index (κ1) is 19.2. The van der Waals surface area contributed by atoms with Crippen molar-refractivity contribution >= 4 is 28.0 Å². The molecular weight excluding hydrogens is 396 g/mol. The molecule has 0 spiro atoms. The van der Waals surface area contributed by atoms with Crippen LogP contribution in [0, 0.1) is 6.92 Å². The van der Waals surface area contributed by atoms with Crippen molar-refractivity contribution < 1.29 is 13.9 Å². The first-order valence-electron chi connectivity index (χ1n) is 10.3. The van der Waals surface area contributed by atoms with Crippen molar-refractivity contribution in [1.82, 2.24) is 9.55 Å². The van der Waals surface area contributed by atoms with Gasteiger partial charge in [0.25, 0.3) is 0 Å². The minimum Gasteiger partial charge on any atom is -0.423 e. The molecule has 156 valence electrons. The predicted molar refractivity (Wildman–Crippen MR) is 116 cm³/mol. The highest BCUT2D eigenvalue weighted by atomic mass is 16.5. The van der Waals surface area contributed by atoms with Crippen LogP contribution in [0.5, 0.6) is 5.75 Å². The third-order valence-corrected chi connectivity index (χ3v) is 5.78. The topological polar surface area (TPSA) is 91.4 Å². The number of benzene rings is 1. The normalized spacial score (nSPS) is 13.0. The van der Waals surface area contributed by atoms with Gasteiger partial charge in [-0.1, -0.05) is 0 Å². The standard InChI is InChI=1S/C24H20N2O5/c1-3-26-12-19(21(27)18-9-7-13(2)25-22(18)26)24(29)30-14-8-10-16-15-5-4-6-17(15)23(28)31-20(16)11-14/h7-12H,3-6H2,1-2H3. The van der Waals surface area contributed by atoms with Crippen LogP contribution >= 0.6 is 0 Å². The smallest absolute Gasteiger partial charge is 0.349 e. The minimum absolute atomic E-state index is 0.0736. The highest BCUT2D eigenvalue weighted by Crippen LogP contribution is 2.29. The summed E-state index contributed by atoms with van der Waals surface area (Å²) in [7, 11) is 0. The van der Waals surface area contributed by atoms with E-state index in [1.54, 1.807) is 28.8 Å². The average molecular weight is 416 g/mol. The minimum atomic E-state index is -0.766. The third kappa shape index (κ3) is 3.13. The predicted octanol–water partition coefficient (Wildman–Crippen LogP) is 3.54. The zero-order valence-corrected chi connectivity index (χ0v) is 17.2. The summed E-state index contributed by atoms with van der Waals surface area (Å²) < 4.78 is 12.7. The van der Waals surface area contributed by atoms with Crippen LogP contribution in [0.4, 0.5) is 0 Å². The molecule has 0 aliphatic heterocycles. The second-order valence-electron chi connectivity index (χ2n) is 7.73. The Morgan fingerprint density at radius 2 is 1.90 bits per heavy atom. The zero-order valence-electron chi connectivity index (χ0n) is 17.2. The van der Waals surface area contributed by atoms with Gasteiger partial charge in [-0.25, -0.2) is 14.6 Å². The Hall–Kier alpha value is -3.74. The fourth-order valence-corrected chi connectivity index (χ4v) is 4.24. The summed E-state index contributed by atoms with van der Waals surface area (Å²) in [6.45, 7) is 4.30. The van der Waals surface area contributed by atoms with E-state index in [4.69, 9.17) is 9.15 Å². The van der Waals surface area contributed by atoms with Crippen molar-refractivity contribution in [2.24, 2.45) is 0 Å². The van der Waals surface area contributed by atoms with Gasteiger partial charge in [-0.05, 0) is 62.9 Å².